The summed E-state index contributed by atoms with van der Waals surface area (Å²) in [5.74, 6) is 0. The molecule has 0 unspecified atom stereocenters. The van der Waals surface area contributed by atoms with E-state index < -0.39 is 6.08 Å². The maximum atomic E-state index is 11.7. The summed E-state index contributed by atoms with van der Waals surface area (Å²) in [5, 5.41) is 9.88. The van der Waals surface area contributed by atoms with Crippen molar-refractivity contribution in [2.45, 2.75) is 26.2 Å². The van der Waals surface area contributed by atoms with E-state index in [4.69, 9.17) is 0 Å². The summed E-state index contributed by atoms with van der Waals surface area (Å²) in [6.07, 6.45) is -0.187. The fourth-order valence-corrected chi connectivity index (χ4v) is 0.587. The van der Waals surface area contributed by atoms with Gasteiger partial charge in [-0.25, -0.2) is 5.11 Å². The van der Waals surface area contributed by atoms with Crippen molar-refractivity contribution in [3.05, 3.63) is 11.7 Å². The predicted octanol–water partition coefficient (Wildman–Crippen LogP) is 2.76. The van der Waals surface area contributed by atoms with Crippen molar-refractivity contribution in [3.8, 4) is 0 Å². The molecule has 0 amide bonds. The highest BCUT2D eigenvalue weighted by Gasteiger charge is 1.98. The summed E-state index contributed by atoms with van der Waals surface area (Å²) in [7, 11) is 0. The van der Waals surface area contributed by atoms with Crippen molar-refractivity contribution in [3.63, 3.8) is 0 Å². The van der Waals surface area contributed by atoms with Crippen LogP contribution < -0.4 is 0 Å². The molecule has 0 aliphatic rings. The van der Waals surface area contributed by atoms with Crippen LogP contribution in [0.25, 0.3) is 0 Å². The van der Waals surface area contributed by atoms with E-state index in [1.807, 2.05) is 0 Å². The molecule has 1 radical (unpaired) electrons. The van der Waals surface area contributed by atoms with Gasteiger partial charge in [0, 0.05) is 0 Å². The SMILES string of the molecule is CC(CCCC[O])=C(F)F. The zero-order valence-electron chi connectivity index (χ0n) is 5.99. The minimum atomic E-state index is -1.61. The summed E-state index contributed by atoms with van der Waals surface area (Å²) < 4.78 is 23.3. The van der Waals surface area contributed by atoms with Crippen molar-refractivity contribution < 1.29 is 13.9 Å². The molecule has 0 aromatic carbocycles. The Balaban J connectivity index is 3.40. The summed E-state index contributed by atoms with van der Waals surface area (Å²) >= 11 is 0. The molecule has 0 fully saturated rings. The van der Waals surface area contributed by atoms with Crippen LogP contribution >= 0.6 is 0 Å². The molecular formula is C7H11F2O. The molecule has 0 aromatic heterocycles. The Bertz CT molecular complexity index is 117. The Morgan fingerprint density at radius 2 is 1.90 bits per heavy atom. The first-order chi connectivity index (χ1) is 4.68. The maximum absolute atomic E-state index is 11.7. The van der Waals surface area contributed by atoms with Crippen LogP contribution in [0.5, 0.6) is 0 Å². The molecule has 0 aliphatic heterocycles. The molecule has 1 nitrogen and oxygen atoms in total. The molecule has 0 atom stereocenters. The highest BCUT2D eigenvalue weighted by molar-refractivity contribution is 4.97. The summed E-state index contributed by atoms with van der Waals surface area (Å²) in [6, 6.07) is 0. The van der Waals surface area contributed by atoms with Crippen LogP contribution in [0.15, 0.2) is 11.7 Å². The Kier molecular flexibility index (Phi) is 5.12. The standard InChI is InChI=1S/C7H11F2O/c1-6(7(8)9)4-2-3-5-10/h2-5H2,1H3. The number of hydrogen-bond donors (Lipinski definition) is 0. The van der Waals surface area contributed by atoms with Gasteiger partial charge in [-0.15, -0.1) is 0 Å². The zero-order valence-corrected chi connectivity index (χ0v) is 5.99. The Hall–Kier alpha value is -0.440. The van der Waals surface area contributed by atoms with Crippen molar-refractivity contribution in [2.75, 3.05) is 6.61 Å². The van der Waals surface area contributed by atoms with Crippen LogP contribution in [0.3, 0.4) is 0 Å². The molecule has 0 bridgehead atoms. The second-order valence-corrected chi connectivity index (χ2v) is 2.20. The van der Waals surface area contributed by atoms with Gasteiger partial charge >= 0.3 is 0 Å². The van der Waals surface area contributed by atoms with E-state index in [-0.39, 0.29) is 12.2 Å². The molecule has 0 rings (SSSR count). The molecule has 0 saturated heterocycles. The van der Waals surface area contributed by atoms with Gasteiger partial charge in [0.15, 0.2) is 0 Å². The summed E-state index contributed by atoms with van der Waals surface area (Å²) in [5.41, 5.74) is 0.105. The van der Waals surface area contributed by atoms with Gasteiger partial charge in [-0.05, 0) is 31.8 Å². The monoisotopic (exact) mass is 149 g/mol. The van der Waals surface area contributed by atoms with E-state index in [2.05, 4.69) is 0 Å². The number of unbranched alkanes of at least 4 members (excludes halogenated alkanes) is 1. The topological polar surface area (TPSA) is 19.9 Å². The van der Waals surface area contributed by atoms with Crippen LogP contribution in [0.4, 0.5) is 8.78 Å². The first-order valence-electron chi connectivity index (χ1n) is 3.27. The summed E-state index contributed by atoms with van der Waals surface area (Å²) in [6.45, 7) is 1.22. The van der Waals surface area contributed by atoms with E-state index in [0.717, 1.165) is 0 Å². The first kappa shape index (κ1) is 9.56. The average Bonchev–Trinajstić information content (AvgIpc) is 1.88. The lowest BCUT2D eigenvalue weighted by atomic mass is 10.1. The van der Waals surface area contributed by atoms with Crippen molar-refractivity contribution in [1.29, 1.82) is 0 Å². The number of halogens is 2. The van der Waals surface area contributed by atoms with Crippen LogP contribution in [0.2, 0.25) is 0 Å². The molecule has 0 saturated carbocycles. The minimum absolute atomic E-state index is 0.105. The maximum Gasteiger partial charge on any atom is 0.269 e. The third-order valence-corrected chi connectivity index (χ3v) is 1.27. The Labute approximate surface area is 59.4 Å². The molecule has 59 valence electrons. The van der Waals surface area contributed by atoms with Gasteiger partial charge in [-0.3, -0.25) is 0 Å². The van der Waals surface area contributed by atoms with Crippen LogP contribution in [-0.4, -0.2) is 6.61 Å². The van der Waals surface area contributed by atoms with Gasteiger partial charge < -0.3 is 0 Å². The van der Waals surface area contributed by atoms with E-state index in [0.29, 0.717) is 19.3 Å². The van der Waals surface area contributed by atoms with Gasteiger partial charge in [0.2, 0.25) is 0 Å². The number of rotatable bonds is 4. The molecule has 0 aliphatic carbocycles. The third kappa shape index (κ3) is 4.44. The zero-order chi connectivity index (χ0) is 7.98. The highest BCUT2D eigenvalue weighted by Crippen LogP contribution is 2.13. The average molecular weight is 149 g/mol. The van der Waals surface area contributed by atoms with Gasteiger partial charge in [0.25, 0.3) is 6.08 Å². The molecule has 0 N–H and O–H groups in total. The van der Waals surface area contributed by atoms with Crippen LogP contribution in [-0.2, 0) is 5.11 Å². The minimum Gasteiger partial charge on any atom is -0.237 e. The Morgan fingerprint density at radius 3 is 2.30 bits per heavy atom. The van der Waals surface area contributed by atoms with Gasteiger partial charge in [0.1, 0.15) is 0 Å². The van der Waals surface area contributed by atoms with E-state index in [1.54, 1.807) is 0 Å². The molecule has 0 aromatic rings. The van der Waals surface area contributed by atoms with Gasteiger partial charge in [-0.2, -0.15) is 8.78 Å². The van der Waals surface area contributed by atoms with Crippen molar-refractivity contribution >= 4 is 0 Å². The van der Waals surface area contributed by atoms with Crippen molar-refractivity contribution in [1.82, 2.24) is 0 Å². The lowest BCUT2D eigenvalue weighted by Gasteiger charge is -1.96. The van der Waals surface area contributed by atoms with Crippen molar-refractivity contribution in [2.24, 2.45) is 0 Å². The largest absolute Gasteiger partial charge is 0.269 e. The lowest BCUT2D eigenvalue weighted by Crippen LogP contribution is -1.83. The fourth-order valence-electron chi connectivity index (χ4n) is 0.587. The summed E-state index contributed by atoms with van der Waals surface area (Å²) in [4.78, 5) is 0. The molecule has 0 heterocycles. The Morgan fingerprint density at radius 1 is 1.30 bits per heavy atom. The van der Waals surface area contributed by atoms with Crippen LogP contribution in [0.1, 0.15) is 26.2 Å². The third-order valence-electron chi connectivity index (χ3n) is 1.27. The molecule has 3 heteroatoms. The highest BCUT2D eigenvalue weighted by atomic mass is 19.3. The molecule has 0 spiro atoms. The normalized spacial score (nSPS) is 9.60. The van der Waals surface area contributed by atoms with Crippen LogP contribution in [0, 0.1) is 0 Å². The number of allylic oxidation sites excluding steroid dienone is 1. The van der Waals surface area contributed by atoms with Gasteiger partial charge in [0.05, 0.1) is 6.61 Å². The second-order valence-electron chi connectivity index (χ2n) is 2.20. The molecular weight excluding hydrogens is 138 g/mol. The smallest absolute Gasteiger partial charge is 0.237 e. The van der Waals surface area contributed by atoms with Gasteiger partial charge in [-0.1, -0.05) is 0 Å². The number of hydrogen-bond acceptors (Lipinski definition) is 0. The predicted molar refractivity (Wildman–Crippen MR) is 34.3 cm³/mol. The molecule has 10 heavy (non-hydrogen) atoms. The fraction of sp³-hybridized carbons (Fsp3) is 0.714. The van der Waals surface area contributed by atoms with E-state index in [1.165, 1.54) is 6.92 Å². The van der Waals surface area contributed by atoms with E-state index in [9.17, 15) is 13.9 Å². The van der Waals surface area contributed by atoms with E-state index >= 15 is 0 Å². The first-order valence-corrected chi connectivity index (χ1v) is 3.27. The second kappa shape index (κ2) is 5.35. The quantitative estimate of drug-likeness (QED) is 0.548. The lowest BCUT2D eigenvalue weighted by molar-refractivity contribution is 0.186.